The third-order valence-corrected chi connectivity index (χ3v) is 3.82. The lowest BCUT2D eigenvalue weighted by Gasteiger charge is -2.15. The van der Waals surface area contributed by atoms with Crippen molar-refractivity contribution in [3.8, 4) is 0 Å². The molecular formula is C13H10BrCl2NO2. The van der Waals surface area contributed by atoms with Gasteiger partial charge in [0.2, 0.25) is 0 Å². The van der Waals surface area contributed by atoms with E-state index in [4.69, 9.17) is 27.6 Å². The van der Waals surface area contributed by atoms with Gasteiger partial charge in [-0.05, 0) is 46.6 Å². The zero-order valence-electron chi connectivity index (χ0n) is 9.91. The Bertz CT molecular complexity index is 612. The molecule has 1 aromatic heterocycles. The fourth-order valence-electron chi connectivity index (χ4n) is 1.66. The van der Waals surface area contributed by atoms with Crippen LogP contribution in [0.5, 0.6) is 0 Å². The van der Waals surface area contributed by atoms with Crippen LogP contribution >= 0.6 is 39.1 Å². The van der Waals surface area contributed by atoms with Gasteiger partial charge < -0.3 is 9.73 Å². The van der Waals surface area contributed by atoms with Gasteiger partial charge in [0.25, 0.3) is 5.91 Å². The number of hydrogen-bond acceptors (Lipinski definition) is 2. The Morgan fingerprint density at radius 2 is 2.11 bits per heavy atom. The monoisotopic (exact) mass is 361 g/mol. The molecule has 1 unspecified atom stereocenters. The molecule has 1 aromatic carbocycles. The Labute approximate surface area is 129 Å². The normalized spacial score (nSPS) is 12.2. The number of benzene rings is 1. The average molecular weight is 363 g/mol. The first kappa shape index (κ1) is 14.4. The van der Waals surface area contributed by atoms with Crippen molar-refractivity contribution in [1.82, 2.24) is 5.32 Å². The fraction of sp³-hybridized carbons (Fsp3) is 0.154. The average Bonchev–Trinajstić information content (AvgIpc) is 2.75. The predicted octanol–water partition coefficient (Wildman–Crippen LogP) is 4.84. The molecule has 1 heterocycles. The highest BCUT2D eigenvalue weighted by Crippen LogP contribution is 2.26. The first-order valence-electron chi connectivity index (χ1n) is 5.48. The number of hydrogen-bond donors (Lipinski definition) is 1. The number of carbonyl (C=O) groups excluding carboxylic acids is 1. The van der Waals surface area contributed by atoms with Crippen molar-refractivity contribution in [3.05, 3.63) is 56.4 Å². The van der Waals surface area contributed by atoms with Crippen LogP contribution in [0.2, 0.25) is 10.0 Å². The van der Waals surface area contributed by atoms with Gasteiger partial charge >= 0.3 is 0 Å². The summed E-state index contributed by atoms with van der Waals surface area (Å²) in [7, 11) is 0. The highest BCUT2D eigenvalue weighted by atomic mass is 79.9. The van der Waals surface area contributed by atoms with Crippen molar-refractivity contribution < 1.29 is 9.21 Å². The summed E-state index contributed by atoms with van der Waals surface area (Å²) in [6, 6.07) is 6.53. The largest absolute Gasteiger partial charge is 0.457 e. The quantitative estimate of drug-likeness (QED) is 0.848. The highest BCUT2D eigenvalue weighted by molar-refractivity contribution is 9.10. The molecule has 100 valence electrons. The van der Waals surface area contributed by atoms with Gasteiger partial charge in [0.15, 0.2) is 4.67 Å². The molecule has 0 spiro atoms. The van der Waals surface area contributed by atoms with Crippen molar-refractivity contribution in [2.75, 3.05) is 0 Å². The third-order valence-electron chi connectivity index (χ3n) is 2.64. The molecule has 0 aliphatic rings. The second kappa shape index (κ2) is 5.99. The smallest absolute Gasteiger partial charge is 0.256 e. The van der Waals surface area contributed by atoms with E-state index in [0.717, 1.165) is 5.56 Å². The second-order valence-corrected chi connectivity index (χ2v) is 5.53. The topological polar surface area (TPSA) is 42.2 Å². The number of nitrogens with one attached hydrogen (secondary N) is 1. The third kappa shape index (κ3) is 3.32. The molecule has 0 fully saturated rings. The van der Waals surface area contributed by atoms with E-state index in [1.54, 1.807) is 24.3 Å². The molecule has 0 radical (unpaired) electrons. The van der Waals surface area contributed by atoms with Crippen molar-refractivity contribution in [1.29, 1.82) is 0 Å². The summed E-state index contributed by atoms with van der Waals surface area (Å²) in [5.74, 6) is -0.237. The summed E-state index contributed by atoms with van der Waals surface area (Å²) in [4.78, 5) is 12.0. The van der Waals surface area contributed by atoms with Crippen LogP contribution in [0, 0.1) is 0 Å². The van der Waals surface area contributed by atoms with Crippen molar-refractivity contribution in [2.24, 2.45) is 0 Å². The maximum Gasteiger partial charge on any atom is 0.256 e. The summed E-state index contributed by atoms with van der Waals surface area (Å²) in [5.41, 5.74) is 1.25. The molecule has 0 bridgehead atoms. The van der Waals surface area contributed by atoms with E-state index < -0.39 is 0 Å². The van der Waals surface area contributed by atoms with Crippen molar-refractivity contribution >= 4 is 45.0 Å². The maximum atomic E-state index is 12.0. The maximum absolute atomic E-state index is 12.0. The molecule has 1 N–H and O–H groups in total. The Balaban J connectivity index is 2.15. The van der Waals surface area contributed by atoms with E-state index in [1.165, 1.54) is 6.26 Å². The molecule has 1 atom stereocenters. The number of carbonyl (C=O) groups is 1. The molecule has 19 heavy (non-hydrogen) atoms. The number of halogens is 3. The Morgan fingerprint density at radius 3 is 2.68 bits per heavy atom. The lowest BCUT2D eigenvalue weighted by Crippen LogP contribution is -2.26. The summed E-state index contributed by atoms with van der Waals surface area (Å²) in [5, 5.41) is 3.92. The van der Waals surface area contributed by atoms with Crippen molar-refractivity contribution in [2.45, 2.75) is 13.0 Å². The first-order chi connectivity index (χ1) is 8.99. The van der Waals surface area contributed by atoms with E-state index >= 15 is 0 Å². The molecule has 3 nitrogen and oxygen atoms in total. The van der Waals surface area contributed by atoms with E-state index in [1.807, 2.05) is 6.92 Å². The predicted molar refractivity (Wildman–Crippen MR) is 78.8 cm³/mol. The molecular weight excluding hydrogens is 353 g/mol. The van der Waals surface area contributed by atoms with Crippen LogP contribution in [-0.2, 0) is 0 Å². The second-order valence-electron chi connectivity index (χ2n) is 3.97. The lowest BCUT2D eigenvalue weighted by atomic mass is 10.1. The van der Waals surface area contributed by atoms with Crippen LogP contribution in [0.15, 0.2) is 39.6 Å². The number of furan rings is 1. The van der Waals surface area contributed by atoms with E-state index in [2.05, 4.69) is 21.2 Å². The lowest BCUT2D eigenvalue weighted by molar-refractivity contribution is 0.0938. The minimum Gasteiger partial charge on any atom is -0.457 e. The summed E-state index contributed by atoms with van der Waals surface area (Å²) < 4.78 is 5.43. The molecule has 0 aliphatic carbocycles. The van der Waals surface area contributed by atoms with Gasteiger partial charge in [-0.2, -0.15) is 0 Å². The molecule has 0 saturated heterocycles. The summed E-state index contributed by atoms with van der Waals surface area (Å²) >= 11 is 15.1. The van der Waals surface area contributed by atoms with Gasteiger partial charge in [-0.1, -0.05) is 29.3 Å². The molecule has 2 aromatic rings. The van der Waals surface area contributed by atoms with Gasteiger partial charge in [0.05, 0.1) is 17.9 Å². The Kier molecular flexibility index (Phi) is 4.55. The number of rotatable bonds is 3. The molecule has 6 heteroatoms. The van der Waals surface area contributed by atoms with Crippen LogP contribution in [0.1, 0.15) is 28.9 Å². The first-order valence-corrected chi connectivity index (χ1v) is 7.02. The summed E-state index contributed by atoms with van der Waals surface area (Å²) in [6.45, 7) is 1.85. The fourth-order valence-corrected chi connectivity index (χ4v) is 2.65. The standard InChI is InChI=1S/C13H10BrCl2NO2/c1-7(9-3-2-8(15)6-11(9)16)17-13(18)10-4-5-19-12(10)14/h2-7H,1H3,(H,17,18). The summed E-state index contributed by atoms with van der Waals surface area (Å²) in [6.07, 6.45) is 1.44. The van der Waals surface area contributed by atoms with Gasteiger partial charge in [-0.25, -0.2) is 0 Å². The zero-order chi connectivity index (χ0) is 14.0. The van der Waals surface area contributed by atoms with Gasteiger partial charge in [-0.3, -0.25) is 4.79 Å². The van der Waals surface area contributed by atoms with E-state index in [-0.39, 0.29) is 11.9 Å². The van der Waals surface area contributed by atoms with Gasteiger partial charge in [-0.15, -0.1) is 0 Å². The van der Waals surface area contributed by atoms with Gasteiger partial charge in [0.1, 0.15) is 0 Å². The van der Waals surface area contributed by atoms with Crippen LogP contribution in [0.4, 0.5) is 0 Å². The van der Waals surface area contributed by atoms with Crippen molar-refractivity contribution in [3.63, 3.8) is 0 Å². The minimum atomic E-state index is -0.237. The molecule has 0 saturated carbocycles. The van der Waals surface area contributed by atoms with Crippen LogP contribution in [0.25, 0.3) is 0 Å². The van der Waals surface area contributed by atoms with Crippen LogP contribution in [0.3, 0.4) is 0 Å². The minimum absolute atomic E-state index is 0.237. The molecule has 1 amide bonds. The molecule has 0 aliphatic heterocycles. The van der Waals surface area contributed by atoms with Gasteiger partial charge in [0, 0.05) is 10.0 Å². The van der Waals surface area contributed by atoms with Crippen LogP contribution < -0.4 is 5.32 Å². The zero-order valence-corrected chi connectivity index (χ0v) is 13.0. The van der Waals surface area contributed by atoms with E-state index in [9.17, 15) is 4.79 Å². The highest BCUT2D eigenvalue weighted by Gasteiger charge is 2.17. The van der Waals surface area contributed by atoms with E-state index in [0.29, 0.717) is 20.3 Å². The number of amides is 1. The SMILES string of the molecule is CC(NC(=O)c1ccoc1Br)c1ccc(Cl)cc1Cl. The Hall–Kier alpha value is -0.970. The molecule has 2 rings (SSSR count). The van der Waals surface area contributed by atoms with Crippen LogP contribution in [-0.4, -0.2) is 5.91 Å². The Morgan fingerprint density at radius 1 is 1.37 bits per heavy atom.